The Morgan fingerprint density at radius 2 is 1.94 bits per heavy atom. The summed E-state index contributed by atoms with van der Waals surface area (Å²) >= 11 is 0. The standard InChI is InChI=1S/C13H15NO.CO2/c1-10(2)6-4-9-13(15)12-8-5-7-11(3)14-12;2-1-3/h5,7-8,10H,6H2,1-3H3;. The molecule has 0 radical (unpaired) electrons. The van der Waals surface area contributed by atoms with Gasteiger partial charge in [0.1, 0.15) is 5.69 Å². The minimum Gasteiger partial charge on any atom is -0.277 e. The number of rotatable bonds is 2. The minimum absolute atomic E-state index is 0.195. The third-order valence-electron chi connectivity index (χ3n) is 1.83. The molecule has 0 aromatic carbocycles. The second-order valence-electron chi connectivity index (χ2n) is 3.98. The van der Waals surface area contributed by atoms with Crippen LogP contribution < -0.4 is 0 Å². The zero-order chi connectivity index (χ0) is 14.0. The molecule has 4 nitrogen and oxygen atoms in total. The number of carbonyl (C=O) groups excluding carboxylic acids is 3. The number of nitrogens with zero attached hydrogens (tertiary/aromatic N) is 1. The average molecular weight is 245 g/mol. The van der Waals surface area contributed by atoms with Crippen molar-refractivity contribution in [3.63, 3.8) is 0 Å². The van der Waals surface area contributed by atoms with Gasteiger partial charge in [-0.2, -0.15) is 9.59 Å². The summed E-state index contributed by atoms with van der Waals surface area (Å²) in [7, 11) is 0. The lowest BCUT2D eigenvalue weighted by atomic mass is 10.1. The first-order valence-electron chi connectivity index (χ1n) is 5.47. The first-order valence-corrected chi connectivity index (χ1v) is 5.47. The van der Waals surface area contributed by atoms with Crippen LogP contribution in [0.3, 0.4) is 0 Å². The number of Topliss-reactive ketones (excluding diaryl/α,β-unsaturated/α-hetero) is 1. The molecule has 0 bridgehead atoms. The lowest BCUT2D eigenvalue weighted by Gasteiger charge is -1.95. The van der Waals surface area contributed by atoms with Crippen molar-refractivity contribution in [3.8, 4) is 11.8 Å². The molecule has 1 aromatic rings. The summed E-state index contributed by atoms with van der Waals surface area (Å²) in [5, 5.41) is 0. The fraction of sp³-hybridized carbons (Fsp3) is 0.357. The van der Waals surface area contributed by atoms with Gasteiger partial charge in [-0.3, -0.25) is 4.79 Å². The Hall–Kier alpha value is -2.24. The van der Waals surface area contributed by atoms with Crippen molar-refractivity contribution in [2.24, 2.45) is 5.92 Å². The Balaban J connectivity index is 0.000000873. The van der Waals surface area contributed by atoms with E-state index in [0.29, 0.717) is 11.6 Å². The van der Waals surface area contributed by atoms with Crippen LogP contribution >= 0.6 is 0 Å². The second-order valence-corrected chi connectivity index (χ2v) is 3.98. The van der Waals surface area contributed by atoms with Crippen LogP contribution in [0.15, 0.2) is 18.2 Å². The SMILES string of the molecule is Cc1cccc(C(=O)C#CCC(C)C)n1.O=C=O. The molecule has 1 aromatic heterocycles. The van der Waals surface area contributed by atoms with Crippen molar-refractivity contribution in [1.82, 2.24) is 4.98 Å². The number of carbonyl (C=O) groups is 1. The van der Waals surface area contributed by atoms with Crippen molar-refractivity contribution in [3.05, 3.63) is 29.6 Å². The van der Waals surface area contributed by atoms with E-state index in [4.69, 9.17) is 9.59 Å². The Morgan fingerprint density at radius 1 is 1.33 bits per heavy atom. The molecule has 0 spiro atoms. The van der Waals surface area contributed by atoms with Gasteiger partial charge >= 0.3 is 6.15 Å². The molecule has 0 amide bonds. The van der Waals surface area contributed by atoms with E-state index in [1.165, 1.54) is 0 Å². The van der Waals surface area contributed by atoms with E-state index in [1.54, 1.807) is 6.07 Å². The molecule has 0 saturated carbocycles. The molecule has 94 valence electrons. The maximum Gasteiger partial charge on any atom is 0.373 e. The topological polar surface area (TPSA) is 64.1 Å². The highest BCUT2D eigenvalue weighted by atomic mass is 16.2. The summed E-state index contributed by atoms with van der Waals surface area (Å²) in [5.41, 5.74) is 1.28. The minimum atomic E-state index is -0.195. The highest BCUT2D eigenvalue weighted by Crippen LogP contribution is 2.00. The summed E-state index contributed by atoms with van der Waals surface area (Å²) in [6.07, 6.45) is 0.998. The molecule has 18 heavy (non-hydrogen) atoms. The van der Waals surface area contributed by atoms with Crippen molar-refractivity contribution in [2.45, 2.75) is 27.2 Å². The van der Waals surface area contributed by atoms with Crippen LogP contribution in [0, 0.1) is 24.7 Å². The molecule has 0 N–H and O–H groups in total. The number of ketones is 1. The lowest BCUT2D eigenvalue weighted by molar-refractivity contribution is -0.191. The van der Waals surface area contributed by atoms with Crippen molar-refractivity contribution in [1.29, 1.82) is 0 Å². The van der Waals surface area contributed by atoms with Crippen LogP contribution in [0.25, 0.3) is 0 Å². The molecule has 0 fully saturated rings. The number of aryl methyl sites for hydroxylation is 1. The Labute approximate surface area is 106 Å². The van der Waals surface area contributed by atoms with Crippen molar-refractivity contribution >= 4 is 11.9 Å². The number of hydrogen-bond donors (Lipinski definition) is 0. The molecule has 0 saturated heterocycles. The first-order chi connectivity index (χ1) is 8.51. The third-order valence-corrected chi connectivity index (χ3v) is 1.83. The van der Waals surface area contributed by atoms with Crippen LogP contribution in [-0.2, 0) is 9.59 Å². The molecule has 1 rings (SSSR count). The fourth-order valence-corrected chi connectivity index (χ4v) is 1.07. The van der Waals surface area contributed by atoms with E-state index in [1.807, 2.05) is 19.1 Å². The Morgan fingerprint density at radius 3 is 2.44 bits per heavy atom. The summed E-state index contributed by atoms with van der Waals surface area (Å²) in [6, 6.07) is 5.37. The number of pyridine rings is 1. The van der Waals surface area contributed by atoms with E-state index in [0.717, 1.165) is 12.1 Å². The lowest BCUT2D eigenvalue weighted by Crippen LogP contribution is -1.99. The maximum absolute atomic E-state index is 11.5. The Kier molecular flexibility index (Phi) is 7.76. The molecule has 0 aliphatic rings. The van der Waals surface area contributed by atoms with Crippen LogP contribution in [0.4, 0.5) is 0 Å². The van der Waals surface area contributed by atoms with Gasteiger partial charge in [0.2, 0.25) is 0 Å². The highest BCUT2D eigenvalue weighted by Gasteiger charge is 2.02. The zero-order valence-electron chi connectivity index (χ0n) is 10.7. The van der Waals surface area contributed by atoms with Gasteiger partial charge in [-0.1, -0.05) is 25.8 Å². The van der Waals surface area contributed by atoms with E-state index in [9.17, 15) is 4.79 Å². The monoisotopic (exact) mass is 245 g/mol. The summed E-state index contributed by atoms with van der Waals surface area (Å²) < 4.78 is 0. The highest BCUT2D eigenvalue weighted by molar-refractivity contribution is 6.07. The van der Waals surface area contributed by atoms with Gasteiger partial charge in [0.25, 0.3) is 5.78 Å². The summed E-state index contributed by atoms with van der Waals surface area (Å²) in [4.78, 5) is 31.9. The van der Waals surface area contributed by atoms with Gasteiger partial charge in [0, 0.05) is 12.1 Å². The molecule has 1 heterocycles. The van der Waals surface area contributed by atoms with Gasteiger partial charge in [-0.25, -0.2) is 4.98 Å². The van der Waals surface area contributed by atoms with Crippen LogP contribution in [0.2, 0.25) is 0 Å². The van der Waals surface area contributed by atoms with E-state index < -0.39 is 0 Å². The van der Waals surface area contributed by atoms with Gasteiger partial charge in [0.15, 0.2) is 0 Å². The smallest absolute Gasteiger partial charge is 0.277 e. The van der Waals surface area contributed by atoms with E-state index >= 15 is 0 Å². The third kappa shape index (κ3) is 7.10. The summed E-state index contributed by atoms with van der Waals surface area (Å²) in [6.45, 7) is 6.01. The molecule has 0 atom stereocenters. The maximum atomic E-state index is 11.5. The first kappa shape index (κ1) is 15.8. The quantitative estimate of drug-likeness (QED) is 0.454. The molecule has 4 heteroatoms. The van der Waals surface area contributed by atoms with E-state index in [2.05, 4.69) is 30.7 Å². The van der Waals surface area contributed by atoms with Crippen LogP contribution in [0.1, 0.15) is 36.5 Å². The Bertz CT molecular complexity index is 489. The van der Waals surface area contributed by atoms with Gasteiger partial charge in [-0.05, 0) is 30.9 Å². The predicted octanol–water partition coefficient (Wildman–Crippen LogP) is 2.04. The number of aromatic nitrogens is 1. The second kappa shape index (κ2) is 8.86. The molecule has 0 aliphatic heterocycles. The van der Waals surface area contributed by atoms with E-state index in [-0.39, 0.29) is 11.9 Å². The average Bonchev–Trinajstić information content (AvgIpc) is 2.29. The van der Waals surface area contributed by atoms with Gasteiger partial charge in [0.05, 0.1) is 0 Å². The summed E-state index contributed by atoms with van der Waals surface area (Å²) in [5.74, 6) is 5.77. The van der Waals surface area contributed by atoms with Crippen molar-refractivity contribution < 1.29 is 14.4 Å². The van der Waals surface area contributed by atoms with Crippen LogP contribution in [0.5, 0.6) is 0 Å². The van der Waals surface area contributed by atoms with Crippen molar-refractivity contribution in [2.75, 3.05) is 0 Å². The van der Waals surface area contributed by atoms with Crippen LogP contribution in [-0.4, -0.2) is 16.9 Å². The normalized spacial score (nSPS) is 8.44. The molecule has 0 aliphatic carbocycles. The fourth-order valence-electron chi connectivity index (χ4n) is 1.07. The number of hydrogen-bond acceptors (Lipinski definition) is 4. The molecular weight excluding hydrogens is 230 g/mol. The zero-order valence-corrected chi connectivity index (χ0v) is 10.7. The predicted molar refractivity (Wildman–Crippen MR) is 65.5 cm³/mol. The van der Waals surface area contributed by atoms with Gasteiger partial charge < -0.3 is 0 Å². The molecule has 0 unspecified atom stereocenters. The largest absolute Gasteiger partial charge is 0.373 e. The molecular formula is C14H15NO3. The van der Waals surface area contributed by atoms with Gasteiger partial charge in [-0.15, -0.1) is 0 Å².